The number of urea groups is 1. The summed E-state index contributed by atoms with van der Waals surface area (Å²) in [6.45, 7) is -1.31. The molecule has 0 aromatic carbocycles. The van der Waals surface area contributed by atoms with Crippen LogP contribution in [0.25, 0.3) is 11.4 Å². The van der Waals surface area contributed by atoms with Crippen LogP contribution in [0.2, 0.25) is 0 Å². The number of hydrogen-bond acceptors (Lipinski definition) is 6. The maximum absolute atomic E-state index is 12.9. The van der Waals surface area contributed by atoms with Crippen molar-refractivity contribution in [3.8, 4) is 11.4 Å². The van der Waals surface area contributed by atoms with Crippen molar-refractivity contribution >= 4 is 23.7 Å². The lowest BCUT2D eigenvalue weighted by molar-refractivity contribution is -0.141. The number of thioether (sulfide) groups is 1. The van der Waals surface area contributed by atoms with Crippen molar-refractivity contribution in [1.82, 2.24) is 30.4 Å². The Morgan fingerprint density at radius 2 is 1.92 bits per heavy atom. The molecule has 2 N–H and O–H groups in total. The number of alkyl halides is 3. The summed E-state index contributed by atoms with van der Waals surface area (Å²) in [7, 11) is 1.33. The van der Waals surface area contributed by atoms with Crippen molar-refractivity contribution in [2.24, 2.45) is 0 Å². The smallest absolute Gasteiger partial charge is 0.341 e. The van der Waals surface area contributed by atoms with E-state index in [4.69, 9.17) is 0 Å². The number of halogens is 3. The topological polar surface area (TPSA) is 102 Å². The van der Waals surface area contributed by atoms with Crippen molar-refractivity contribution in [2.45, 2.75) is 17.9 Å². The first-order chi connectivity index (χ1) is 11.8. The number of nitrogens with one attached hydrogen (secondary N) is 2. The normalized spacial score (nSPS) is 11.2. The molecule has 0 saturated carbocycles. The highest BCUT2D eigenvalue weighted by atomic mass is 32.2. The highest BCUT2D eigenvalue weighted by Gasteiger charge is 2.31. The third-order valence-corrected chi connectivity index (χ3v) is 3.77. The second-order valence-corrected chi connectivity index (χ2v) is 5.60. The summed E-state index contributed by atoms with van der Waals surface area (Å²) in [6, 6.07) is 2.30. The van der Waals surface area contributed by atoms with Gasteiger partial charge in [0.05, 0.1) is 5.75 Å². The van der Waals surface area contributed by atoms with E-state index in [1.54, 1.807) is 0 Å². The second-order valence-electron chi connectivity index (χ2n) is 4.66. The molecule has 134 valence electrons. The molecule has 2 aromatic heterocycles. The maximum atomic E-state index is 12.9. The standard InChI is InChI=1S/C13H13F3N6O2S/c1-17-11(24)19-9(23)6-25-12-21-20-10(8-2-4-18-5-3-8)22(12)7-13(14,15)16/h2-5H,6-7H2,1H3,(H2,17,19,23,24). The van der Waals surface area contributed by atoms with Crippen LogP contribution in [0.3, 0.4) is 0 Å². The average Bonchev–Trinajstić information content (AvgIpc) is 2.94. The van der Waals surface area contributed by atoms with Gasteiger partial charge in [0.1, 0.15) is 6.54 Å². The number of aromatic nitrogens is 4. The van der Waals surface area contributed by atoms with Crippen LogP contribution in [-0.2, 0) is 11.3 Å². The summed E-state index contributed by atoms with van der Waals surface area (Å²) >= 11 is 0.746. The third-order valence-electron chi connectivity index (χ3n) is 2.81. The van der Waals surface area contributed by atoms with Crippen molar-refractivity contribution in [1.29, 1.82) is 0 Å². The van der Waals surface area contributed by atoms with Crippen molar-refractivity contribution < 1.29 is 22.8 Å². The summed E-state index contributed by atoms with van der Waals surface area (Å²) in [5, 5.41) is 11.6. The molecule has 2 heterocycles. The van der Waals surface area contributed by atoms with E-state index in [1.807, 2.05) is 5.32 Å². The molecular formula is C13H13F3N6O2S. The van der Waals surface area contributed by atoms with Gasteiger partial charge in [-0.25, -0.2) is 4.79 Å². The van der Waals surface area contributed by atoms with Gasteiger partial charge in [-0.05, 0) is 12.1 Å². The first-order valence-electron chi connectivity index (χ1n) is 6.85. The van der Waals surface area contributed by atoms with Crippen LogP contribution < -0.4 is 10.6 Å². The fourth-order valence-corrected chi connectivity index (χ4v) is 2.52. The monoisotopic (exact) mass is 374 g/mol. The number of pyridine rings is 1. The predicted molar refractivity (Wildman–Crippen MR) is 82.6 cm³/mol. The van der Waals surface area contributed by atoms with Gasteiger partial charge in [0.2, 0.25) is 5.91 Å². The molecule has 2 rings (SSSR count). The van der Waals surface area contributed by atoms with Crippen molar-refractivity contribution in [2.75, 3.05) is 12.8 Å². The minimum Gasteiger partial charge on any atom is -0.341 e. The Labute approximate surface area is 144 Å². The molecule has 12 heteroatoms. The lowest BCUT2D eigenvalue weighted by atomic mass is 10.2. The fourth-order valence-electron chi connectivity index (χ4n) is 1.79. The fraction of sp³-hybridized carbons (Fsp3) is 0.308. The van der Waals surface area contributed by atoms with Gasteiger partial charge in [-0.3, -0.25) is 19.7 Å². The SMILES string of the molecule is CNC(=O)NC(=O)CSc1nnc(-c2ccncc2)n1CC(F)(F)F. The molecule has 0 aliphatic heterocycles. The molecule has 0 saturated heterocycles. The zero-order chi connectivity index (χ0) is 18.4. The maximum Gasteiger partial charge on any atom is 0.406 e. The van der Waals surface area contributed by atoms with Crippen LogP contribution in [0.1, 0.15) is 0 Å². The minimum absolute atomic E-state index is 0.00827. The summed E-state index contributed by atoms with van der Waals surface area (Å²) in [5.41, 5.74) is 0.411. The van der Waals surface area contributed by atoms with Gasteiger partial charge < -0.3 is 5.32 Å². The predicted octanol–water partition coefficient (Wildman–Crippen LogP) is 1.45. The van der Waals surface area contributed by atoms with Crippen molar-refractivity contribution in [3.63, 3.8) is 0 Å². The van der Waals surface area contributed by atoms with E-state index in [0.717, 1.165) is 16.3 Å². The molecule has 0 atom stereocenters. The Bertz CT molecular complexity index is 750. The molecule has 0 fully saturated rings. The van der Waals surface area contributed by atoms with E-state index in [1.165, 1.54) is 31.6 Å². The summed E-state index contributed by atoms with van der Waals surface area (Å²) in [5.74, 6) is -0.954. The first kappa shape index (κ1) is 18.7. The Morgan fingerprint density at radius 3 is 2.52 bits per heavy atom. The van der Waals surface area contributed by atoms with Gasteiger partial charge in [-0.1, -0.05) is 11.8 Å². The van der Waals surface area contributed by atoms with E-state index in [9.17, 15) is 22.8 Å². The third kappa shape index (κ3) is 5.45. The van der Waals surface area contributed by atoms with Crippen LogP contribution in [0.5, 0.6) is 0 Å². The van der Waals surface area contributed by atoms with E-state index < -0.39 is 24.7 Å². The lowest BCUT2D eigenvalue weighted by Crippen LogP contribution is -2.38. The Morgan fingerprint density at radius 1 is 1.24 bits per heavy atom. The average molecular weight is 374 g/mol. The van der Waals surface area contributed by atoms with Gasteiger partial charge in [0.25, 0.3) is 0 Å². The Balaban J connectivity index is 2.21. The number of imide groups is 1. The highest BCUT2D eigenvalue weighted by Crippen LogP contribution is 2.28. The summed E-state index contributed by atoms with van der Waals surface area (Å²) < 4.78 is 39.5. The molecule has 8 nitrogen and oxygen atoms in total. The molecule has 0 aliphatic carbocycles. The van der Waals surface area contributed by atoms with E-state index >= 15 is 0 Å². The van der Waals surface area contributed by atoms with Crippen molar-refractivity contribution in [3.05, 3.63) is 24.5 Å². The van der Waals surface area contributed by atoms with Crippen LogP contribution in [-0.4, -0.2) is 50.7 Å². The van der Waals surface area contributed by atoms with Crippen LogP contribution >= 0.6 is 11.8 Å². The number of carbonyl (C=O) groups excluding carboxylic acids is 2. The summed E-state index contributed by atoms with van der Waals surface area (Å²) in [4.78, 5) is 26.4. The van der Waals surface area contributed by atoms with E-state index in [2.05, 4.69) is 20.5 Å². The van der Waals surface area contributed by atoms with E-state index in [-0.39, 0.29) is 16.7 Å². The molecule has 0 unspecified atom stereocenters. The number of amides is 3. The Hall–Kier alpha value is -2.63. The molecule has 0 aliphatic rings. The first-order valence-corrected chi connectivity index (χ1v) is 7.83. The van der Waals surface area contributed by atoms with Crippen LogP contribution in [0.4, 0.5) is 18.0 Å². The number of hydrogen-bond donors (Lipinski definition) is 2. The van der Waals surface area contributed by atoms with Gasteiger partial charge in [0, 0.05) is 25.0 Å². The number of carbonyl (C=O) groups is 2. The zero-order valence-electron chi connectivity index (χ0n) is 12.9. The highest BCUT2D eigenvalue weighted by molar-refractivity contribution is 7.99. The zero-order valence-corrected chi connectivity index (χ0v) is 13.7. The van der Waals surface area contributed by atoms with Gasteiger partial charge in [0.15, 0.2) is 11.0 Å². The molecular weight excluding hydrogens is 361 g/mol. The molecule has 2 aromatic rings. The van der Waals surface area contributed by atoms with Gasteiger partial charge in [-0.2, -0.15) is 13.2 Å². The minimum atomic E-state index is -4.50. The van der Waals surface area contributed by atoms with Gasteiger partial charge >= 0.3 is 12.2 Å². The molecule has 0 spiro atoms. The number of nitrogens with zero attached hydrogens (tertiary/aromatic N) is 4. The van der Waals surface area contributed by atoms with Crippen LogP contribution in [0, 0.1) is 0 Å². The number of rotatable bonds is 5. The van der Waals surface area contributed by atoms with E-state index in [0.29, 0.717) is 5.56 Å². The molecule has 25 heavy (non-hydrogen) atoms. The quantitative estimate of drug-likeness (QED) is 0.768. The summed E-state index contributed by atoms with van der Waals surface area (Å²) in [6.07, 6.45) is -1.65. The molecule has 0 bridgehead atoms. The van der Waals surface area contributed by atoms with Crippen LogP contribution in [0.15, 0.2) is 29.7 Å². The molecule has 3 amide bonds. The largest absolute Gasteiger partial charge is 0.406 e. The Kier molecular flexibility index (Phi) is 5.96. The molecule has 0 radical (unpaired) electrons. The van der Waals surface area contributed by atoms with Gasteiger partial charge in [-0.15, -0.1) is 10.2 Å². The lowest BCUT2D eigenvalue weighted by Gasteiger charge is -2.12. The second kappa shape index (κ2) is 7.96.